The highest BCUT2D eigenvalue weighted by molar-refractivity contribution is 6.80. The molecule has 2 aromatic rings. The van der Waals surface area contributed by atoms with Crippen LogP contribution in [0.1, 0.15) is 22.3 Å². The third-order valence-corrected chi connectivity index (χ3v) is 9.59. The van der Waals surface area contributed by atoms with Gasteiger partial charge in [0.15, 0.2) is 5.41 Å². The second kappa shape index (κ2) is 10.7. The van der Waals surface area contributed by atoms with E-state index in [-0.39, 0.29) is 6.42 Å². The van der Waals surface area contributed by atoms with Crippen LogP contribution in [0.5, 0.6) is 0 Å². The molecule has 7 heteroatoms. The molecule has 0 aliphatic heterocycles. The highest BCUT2D eigenvalue weighted by Gasteiger charge is 2.55. The number of carbonyl (C=O) groups excluding carboxylic acids is 3. The van der Waals surface area contributed by atoms with Crippen molar-refractivity contribution >= 4 is 25.9 Å². The first-order valence-electron chi connectivity index (χ1n) is 10.3. The molecule has 32 heavy (non-hydrogen) atoms. The number of allylic oxidation sites excluding steroid dienone is 1. The monoisotopic (exact) mass is 448 g/mol. The third-order valence-electron chi connectivity index (χ3n) is 5.73. The Morgan fingerprint density at radius 2 is 1.69 bits per heavy atom. The third kappa shape index (κ3) is 5.21. The van der Waals surface area contributed by atoms with E-state index in [4.69, 9.17) is 4.74 Å². The Morgan fingerprint density at radius 3 is 2.19 bits per heavy atom. The van der Waals surface area contributed by atoms with Gasteiger partial charge in [-0.05, 0) is 29.3 Å². The highest BCUT2D eigenvalue weighted by atomic mass is 28.3. The van der Waals surface area contributed by atoms with E-state index < -0.39 is 36.8 Å². The number of nitrogens with one attached hydrogen (secondary N) is 1. The number of esters is 1. The zero-order valence-electron chi connectivity index (χ0n) is 18.6. The van der Waals surface area contributed by atoms with Crippen LogP contribution in [0, 0.1) is 11.3 Å². The minimum atomic E-state index is -2.46. The van der Waals surface area contributed by atoms with Crippen LogP contribution in [0.3, 0.4) is 0 Å². The average molecular weight is 449 g/mol. The second-order valence-electron chi connectivity index (χ2n) is 8.26. The number of imide groups is 1. The number of amides is 2. The van der Waals surface area contributed by atoms with Gasteiger partial charge in [0, 0.05) is 12.0 Å². The molecule has 0 aromatic heterocycles. The van der Waals surface area contributed by atoms with E-state index >= 15 is 0 Å². The first kappa shape index (κ1) is 24.8. The maximum atomic E-state index is 13.1. The topological polar surface area (TPSA) is 96.3 Å². The lowest BCUT2D eigenvalue weighted by Crippen LogP contribution is -2.51. The van der Waals surface area contributed by atoms with Crippen molar-refractivity contribution in [3.63, 3.8) is 0 Å². The summed E-state index contributed by atoms with van der Waals surface area (Å²) in [7, 11) is -1.23. The van der Waals surface area contributed by atoms with Crippen molar-refractivity contribution in [3.8, 4) is 6.07 Å². The zero-order chi connectivity index (χ0) is 23.8. The number of methoxy groups -OCH3 is 1. The fourth-order valence-corrected chi connectivity index (χ4v) is 7.35. The quantitative estimate of drug-likeness (QED) is 0.352. The number of ether oxygens (including phenoxy) is 1. The molecular weight excluding hydrogens is 420 g/mol. The Bertz CT molecular complexity index is 1020. The van der Waals surface area contributed by atoms with Crippen molar-refractivity contribution in [2.75, 3.05) is 7.11 Å². The SMILES string of the molecule is C=CC[Si](C)(C)[C@@H](CC(=O)NC(=O)c1ccccc1)[C@](C#N)(C(=O)OC)c1ccccc1. The summed E-state index contributed by atoms with van der Waals surface area (Å²) in [6.07, 6.45) is 1.57. The zero-order valence-corrected chi connectivity index (χ0v) is 19.6. The van der Waals surface area contributed by atoms with Crippen molar-refractivity contribution in [1.29, 1.82) is 5.26 Å². The molecule has 1 N–H and O–H groups in total. The first-order chi connectivity index (χ1) is 15.2. The minimum absolute atomic E-state index is 0.177. The van der Waals surface area contributed by atoms with Gasteiger partial charge in [-0.15, -0.1) is 6.58 Å². The van der Waals surface area contributed by atoms with E-state index in [9.17, 15) is 19.6 Å². The molecule has 2 amide bonds. The molecular formula is C25H28N2O4Si. The molecule has 0 saturated heterocycles. The molecule has 0 aliphatic rings. The van der Waals surface area contributed by atoms with Gasteiger partial charge in [0.05, 0.1) is 21.3 Å². The Balaban J connectivity index is 2.52. The standard InChI is InChI=1S/C25H28N2O4Si/c1-5-16-32(3,4)21(17-22(28)27-23(29)19-12-8-6-9-13-19)25(18-26,24(30)31-2)20-14-10-7-11-15-20/h5-15,21H,1,16-17H2,2-4H3,(H,27,28,29)/t21-,25+/m0/s1. The van der Waals surface area contributed by atoms with Crippen LogP contribution in [0.2, 0.25) is 24.7 Å². The van der Waals surface area contributed by atoms with Crippen LogP contribution in [-0.2, 0) is 19.7 Å². The number of nitriles is 1. The number of benzene rings is 2. The van der Waals surface area contributed by atoms with Gasteiger partial charge in [-0.2, -0.15) is 5.26 Å². The summed E-state index contributed by atoms with van der Waals surface area (Å²) in [5.74, 6) is -1.80. The largest absolute Gasteiger partial charge is 0.468 e. The fourth-order valence-electron chi connectivity index (χ4n) is 4.07. The molecule has 2 atom stereocenters. The molecule has 6 nitrogen and oxygen atoms in total. The van der Waals surface area contributed by atoms with Crippen molar-refractivity contribution in [2.24, 2.45) is 0 Å². The van der Waals surface area contributed by atoms with Gasteiger partial charge in [-0.3, -0.25) is 14.9 Å². The predicted octanol–water partition coefficient (Wildman–Crippen LogP) is 4.23. The van der Waals surface area contributed by atoms with Crippen molar-refractivity contribution in [2.45, 2.75) is 36.5 Å². The lowest BCUT2D eigenvalue weighted by molar-refractivity contribution is -0.145. The van der Waals surface area contributed by atoms with Gasteiger partial charge in [0.25, 0.3) is 5.91 Å². The Hall–Kier alpha value is -3.50. The number of nitrogens with zero attached hydrogens (tertiary/aromatic N) is 1. The molecule has 166 valence electrons. The van der Waals surface area contributed by atoms with Crippen LogP contribution >= 0.6 is 0 Å². The van der Waals surface area contributed by atoms with E-state index in [0.717, 1.165) is 0 Å². The summed E-state index contributed by atoms with van der Waals surface area (Å²) in [5, 5.41) is 12.8. The Morgan fingerprint density at radius 1 is 1.12 bits per heavy atom. The van der Waals surface area contributed by atoms with Crippen molar-refractivity contribution in [3.05, 3.63) is 84.4 Å². The van der Waals surface area contributed by atoms with Crippen LogP contribution < -0.4 is 5.32 Å². The minimum Gasteiger partial charge on any atom is -0.468 e. The molecule has 0 unspecified atom stereocenters. The van der Waals surface area contributed by atoms with Crippen molar-refractivity contribution < 1.29 is 19.1 Å². The Kier molecular flexibility index (Phi) is 8.27. The predicted molar refractivity (Wildman–Crippen MR) is 126 cm³/mol. The Labute approximate surface area is 189 Å². The smallest absolute Gasteiger partial charge is 0.330 e. The summed E-state index contributed by atoms with van der Waals surface area (Å²) >= 11 is 0. The molecule has 0 spiro atoms. The number of rotatable bonds is 9. The van der Waals surface area contributed by atoms with E-state index in [0.29, 0.717) is 17.2 Å². The molecule has 0 radical (unpaired) electrons. The summed E-state index contributed by atoms with van der Waals surface area (Å²) in [6.45, 7) is 7.83. The molecule has 0 saturated carbocycles. The number of hydrogen-bond acceptors (Lipinski definition) is 5. The maximum Gasteiger partial charge on any atom is 0.330 e. The molecule has 2 rings (SSSR count). The van der Waals surface area contributed by atoms with Crippen LogP contribution in [0.15, 0.2) is 73.3 Å². The number of carbonyl (C=O) groups is 3. The first-order valence-corrected chi connectivity index (χ1v) is 13.6. The van der Waals surface area contributed by atoms with Gasteiger partial charge in [-0.1, -0.05) is 67.7 Å². The van der Waals surface area contributed by atoms with Gasteiger partial charge in [0.1, 0.15) is 0 Å². The number of hydrogen-bond donors (Lipinski definition) is 1. The fraction of sp³-hybridized carbons (Fsp3) is 0.280. The van der Waals surface area contributed by atoms with E-state index in [1.807, 2.05) is 13.1 Å². The molecule has 0 bridgehead atoms. The van der Waals surface area contributed by atoms with Gasteiger partial charge < -0.3 is 4.74 Å². The lowest BCUT2D eigenvalue weighted by Gasteiger charge is -2.41. The maximum absolute atomic E-state index is 13.1. The summed E-state index contributed by atoms with van der Waals surface area (Å²) in [5.41, 5.74) is -1.55. The van der Waals surface area contributed by atoms with E-state index in [1.54, 1.807) is 66.7 Å². The molecule has 2 aromatic carbocycles. The normalized spacial score (nSPS) is 13.7. The van der Waals surface area contributed by atoms with Crippen LogP contribution in [-0.4, -0.2) is 33.0 Å². The molecule has 0 heterocycles. The van der Waals surface area contributed by atoms with E-state index in [1.165, 1.54) is 7.11 Å². The summed E-state index contributed by atoms with van der Waals surface area (Å²) in [4.78, 5) is 38.6. The molecule has 0 fully saturated rings. The molecule has 0 aliphatic carbocycles. The second-order valence-corrected chi connectivity index (χ2v) is 13.3. The summed E-state index contributed by atoms with van der Waals surface area (Å²) in [6, 6.07) is 19.8. The van der Waals surface area contributed by atoms with Crippen molar-refractivity contribution in [1.82, 2.24) is 5.32 Å². The van der Waals surface area contributed by atoms with Gasteiger partial charge >= 0.3 is 5.97 Å². The van der Waals surface area contributed by atoms with Crippen LogP contribution in [0.4, 0.5) is 0 Å². The van der Waals surface area contributed by atoms with Crippen LogP contribution in [0.25, 0.3) is 0 Å². The van der Waals surface area contributed by atoms with Gasteiger partial charge in [0.2, 0.25) is 5.91 Å². The van der Waals surface area contributed by atoms with Gasteiger partial charge in [-0.25, -0.2) is 4.79 Å². The highest BCUT2D eigenvalue weighted by Crippen LogP contribution is 2.47. The lowest BCUT2D eigenvalue weighted by atomic mass is 9.77. The van der Waals surface area contributed by atoms with E-state index in [2.05, 4.69) is 18.0 Å². The average Bonchev–Trinajstić information content (AvgIpc) is 2.80. The summed E-state index contributed by atoms with van der Waals surface area (Å²) < 4.78 is 5.08.